The molecule has 0 aliphatic carbocycles. The van der Waals surface area contributed by atoms with Crippen molar-refractivity contribution in [2.45, 2.75) is 32.3 Å². The molecule has 2 aromatic rings. The molecule has 0 aliphatic heterocycles. The van der Waals surface area contributed by atoms with Gasteiger partial charge in [-0.05, 0) is 29.7 Å². The monoisotopic (exact) mass is 277 g/mol. The Balaban J connectivity index is 2.10. The summed E-state index contributed by atoms with van der Waals surface area (Å²) in [7, 11) is 0. The van der Waals surface area contributed by atoms with Crippen LogP contribution in [0.4, 0.5) is 8.78 Å². The van der Waals surface area contributed by atoms with Crippen molar-refractivity contribution in [3.63, 3.8) is 0 Å². The quantitative estimate of drug-likeness (QED) is 0.900. The number of benzene rings is 1. The van der Waals surface area contributed by atoms with Crippen LogP contribution in [0.3, 0.4) is 0 Å². The number of nitrogens with zero attached hydrogens (tertiary/aromatic N) is 1. The van der Waals surface area contributed by atoms with E-state index in [2.05, 4.69) is 4.98 Å². The molecule has 0 bridgehead atoms. The van der Waals surface area contributed by atoms with E-state index in [1.807, 2.05) is 19.1 Å². The summed E-state index contributed by atoms with van der Waals surface area (Å²) in [6.07, 6.45) is -0.349. The SMILES string of the molecule is CCc1ccc(CC(O)c2cccc(C(F)F)c2)nc1. The van der Waals surface area contributed by atoms with E-state index >= 15 is 0 Å². The lowest BCUT2D eigenvalue weighted by Gasteiger charge is -2.12. The number of aryl methyl sites for hydroxylation is 1. The van der Waals surface area contributed by atoms with Gasteiger partial charge in [0.2, 0.25) is 0 Å². The predicted octanol–water partition coefficient (Wildman–Crippen LogP) is 3.86. The third-order valence-electron chi connectivity index (χ3n) is 3.24. The van der Waals surface area contributed by atoms with Crippen molar-refractivity contribution < 1.29 is 13.9 Å². The molecule has 1 heterocycles. The Morgan fingerprint density at radius 1 is 1.15 bits per heavy atom. The van der Waals surface area contributed by atoms with E-state index in [0.29, 0.717) is 12.0 Å². The summed E-state index contributed by atoms with van der Waals surface area (Å²) in [5.74, 6) is 0. The van der Waals surface area contributed by atoms with Crippen LogP contribution in [0.15, 0.2) is 42.6 Å². The summed E-state index contributed by atoms with van der Waals surface area (Å²) in [4.78, 5) is 4.26. The van der Waals surface area contributed by atoms with Crippen LogP contribution in [-0.2, 0) is 12.8 Å². The number of pyridine rings is 1. The van der Waals surface area contributed by atoms with Gasteiger partial charge in [0.25, 0.3) is 6.43 Å². The van der Waals surface area contributed by atoms with Crippen LogP contribution in [0, 0.1) is 0 Å². The summed E-state index contributed by atoms with van der Waals surface area (Å²) in [6.45, 7) is 2.04. The largest absolute Gasteiger partial charge is 0.388 e. The maximum atomic E-state index is 12.6. The molecule has 0 aliphatic rings. The van der Waals surface area contributed by atoms with Crippen molar-refractivity contribution in [2.75, 3.05) is 0 Å². The second-order valence-electron chi connectivity index (χ2n) is 4.70. The van der Waals surface area contributed by atoms with Gasteiger partial charge in [0.05, 0.1) is 6.10 Å². The van der Waals surface area contributed by atoms with Crippen molar-refractivity contribution in [2.24, 2.45) is 0 Å². The van der Waals surface area contributed by atoms with Crippen LogP contribution >= 0.6 is 0 Å². The fourth-order valence-corrected chi connectivity index (χ4v) is 2.00. The number of hydrogen-bond donors (Lipinski definition) is 1. The minimum Gasteiger partial charge on any atom is -0.388 e. The molecule has 1 aromatic carbocycles. The van der Waals surface area contributed by atoms with Gasteiger partial charge in [0.15, 0.2) is 0 Å². The number of alkyl halides is 2. The molecule has 0 amide bonds. The van der Waals surface area contributed by atoms with E-state index in [9.17, 15) is 13.9 Å². The molecule has 20 heavy (non-hydrogen) atoms. The highest BCUT2D eigenvalue weighted by molar-refractivity contribution is 5.27. The minimum atomic E-state index is -2.52. The average Bonchev–Trinajstić information content (AvgIpc) is 2.48. The second kappa shape index (κ2) is 6.57. The molecule has 1 atom stereocenters. The Kier molecular flexibility index (Phi) is 4.79. The molecule has 1 N–H and O–H groups in total. The topological polar surface area (TPSA) is 33.1 Å². The van der Waals surface area contributed by atoms with Crippen LogP contribution in [-0.4, -0.2) is 10.1 Å². The Labute approximate surface area is 117 Å². The average molecular weight is 277 g/mol. The van der Waals surface area contributed by atoms with Gasteiger partial charge >= 0.3 is 0 Å². The molecule has 4 heteroatoms. The highest BCUT2D eigenvalue weighted by Crippen LogP contribution is 2.24. The van der Waals surface area contributed by atoms with Crippen LogP contribution in [0.2, 0.25) is 0 Å². The molecule has 1 unspecified atom stereocenters. The Morgan fingerprint density at radius 2 is 1.90 bits per heavy atom. The van der Waals surface area contributed by atoms with Gasteiger partial charge in [-0.15, -0.1) is 0 Å². The van der Waals surface area contributed by atoms with Crippen molar-refractivity contribution >= 4 is 0 Å². The second-order valence-corrected chi connectivity index (χ2v) is 4.70. The third-order valence-corrected chi connectivity index (χ3v) is 3.24. The molecule has 0 fully saturated rings. The zero-order valence-electron chi connectivity index (χ0n) is 11.3. The molecule has 0 saturated heterocycles. The number of rotatable bonds is 5. The highest BCUT2D eigenvalue weighted by atomic mass is 19.3. The molecule has 106 valence electrons. The molecule has 2 rings (SSSR count). The zero-order valence-corrected chi connectivity index (χ0v) is 11.3. The van der Waals surface area contributed by atoms with E-state index in [4.69, 9.17) is 0 Å². The number of aliphatic hydroxyl groups is 1. The molecule has 0 spiro atoms. The smallest absolute Gasteiger partial charge is 0.263 e. The van der Waals surface area contributed by atoms with Crippen molar-refractivity contribution in [1.82, 2.24) is 4.98 Å². The van der Waals surface area contributed by atoms with Crippen LogP contribution in [0.25, 0.3) is 0 Å². The molecular weight excluding hydrogens is 260 g/mol. The molecular formula is C16H17F2NO. The van der Waals surface area contributed by atoms with Gasteiger partial charge in [-0.2, -0.15) is 0 Å². The first-order valence-electron chi connectivity index (χ1n) is 6.60. The fourth-order valence-electron chi connectivity index (χ4n) is 2.00. The Morgan fingerprint density at radius 3 is 2.50 bits per heavy atom. The standard InChI is InChI=1S/C16H17F2NO/c1-2-11-6-7-14(19-10-11)9-15(20)12-4-3-5-13(8-12)16(17)18/h3-8,10,15-16,20H,2,9H2,1H3. The maximum absolute atomic E-state index is 12.6. The zero-order chi connectivity index (χ0) is 14.5. The number of aliphatic hydroxyl groups excluding tert-OH is 1. The van der Waals surface area contributed by atoms with E-state index in [1.165, 1.54) is 18.2 Å². The van der Waals surface area contributed by atoms with Crippen LogP contribution in [0.5, 0.6) is 0 Å². The molecule has 0 radical (unpaired) electrons. The molecule has 2 nitrogen and oxygen atoms in total. The van der Waals surface area contributed by atoms with Crippen LogP contribution < -0.4 is 0 Å². The summed E-state index contributed by atoms with van der Waals surface area (Å²) in [5.41, 5.74) is 2.29. The minimum absolute atomic E-state index is 0.0733. The first-order valence-corrected chi connectivity index (χ1v) is 6.60. The molecule has 0 saturated carbocycles. The van der Waals surface area contributed by atoms with E-state index in [1.54, 1.807) is 12.3 Å². The molecule has 1 aromatic heterocycles. The van der Waals surface area contributed by atoms with Crippen molar-refractivity contribution in [1.29, 1.82) is 0 Å². The van der Waals surface area contributed by atoms with E-state index < -0.39 is 12.5 Å². The van der Waals surface area contributed by atoms with Gasteiger partial charge in [-0.1, -0.05) is 31.2 Å². The summed E-state index contributed by atoms with van der Waals surface area (Å²) >= 11 is 0. The normalized spacial score (nSPS) is 12.7. The van der Waals surface area contributed by atoms with Crippen molar-refractivity contribution in [3.8, 4) is 0 Å². The summed E-state index contributed by atoms with van der Waals surface area (Å²) in [5, 5.41) is 10.1. The third kappa shape index (κ3) is 3.61. The lowest BCUT2D eigenvalue weighted by atomic mass is 10.0. The fraction of sp³-hybridized carbons (Fsp3) is 0.312. The summed E-state index contributed by atoms with van der Waals surface area (Å²) < 4.78 is 25.3. The number of halogens is 2. The van der Waals surface area contributed by atoms with Crippen LogP contribution in [0.1, 0.15) is 41.8 Å². The van der Waals surface area contributed by atoms with Gasteiger partial charge < -0.3 is 5.11 Å². The van der Waals surface area contributed by atoms with Gasteiger partial charge in [-0.25, -0.2) is 8.78 Å². The summed E-state index contributed by atoms with van der Waals surface area (Å²) in [6, 6.07) is 9.71. The van der Waals surface area contributed by atoms with Gasteiger partial charge in [-0.3, -0.25) is 4.98 Å². The van der Waals surface area contributed by atoms with Gasteiger partial charge in [0, 0.05) is 23.9 Å². The van der Waals surface area contributed by atoms with E-state index in [0.717, 1.165) is 17.7 Å². The highest BCUT2D eigenvalue weighted by Gasteiger charge is 2.13. The lowest BCUT2D eigenvalue weighted by molar-refractivity contribution is 0.149. The first-order chi connectivity index (χ1) is 9.60. The van der Waals surface area contributed by atoms with Gasteiger partial charge in [0.1, 0.15) is 0 Å². The Bertz CT molecular complexity index is 555. The number of hydrogen-bond acceptors (Lipinski definition) is 2. The lowest BCUT2D eigenvalue weighted by Crippen LogP contribution is -2.04. The predicted molar refractivity (Wildman–Crippen MR) is 73.7 cm³/mol. The number of aromatic nitrogens is 1. The van der Waals surface area contributed by atoms with E-state index in [-0.39, 0.29) is 5.56 Å². The Hall–Kier alpha value is -1.81. The maximum Gasteiger partial charge on any atom is 0.263 e. The van der Waals surface area contributed by atoms with Crippen molar-refractivity contribution in [3.05, 3.63) is 65.0 Å². The first kappa shape index (κ1) is 14.6.